The van der Waals surface area contributed by atoms with Crippen molar-refractivity contribution in [2.75, 3.05) is 0 Å². The van der Waals surface area contributed by atoms with Crippen molar-refractivity contribution in [1.82, 2.24) is 0 Å². The molecule has 2 heteroatoms. The first-order valence-corrected chi connectivity index (χ1v) is 11.7. The molecule has 1 heterocycles. The lowest BCUT2D eigenvalue weighted by molar-refractivity contribution is -0.198. The molecule has 1 saturated heterocycles. The van der Waals surface area contributed by atoms with Gasteiger partial charge in [-0.05, 0) is 112 Å². The third-order valence-corrected chi connectivity index (χ3v) is 10.4. The zero-order valence-corrected chi connectivity index (χ0v) is 17.9. The number of aliphatic hydroxyl groups excluding tert-OH is 1. The SMILES string of the molecule is C=C[C@H]1CCC2C3C(CC[C@@]21C)[C@@]1(C)CC[C@@H](O)CC1[C@H]1CC(C)(C)O[C@H]31. The second kappa shape index (κ2) is 5.85. The van der Waals surface area contributed by atoms with Crippen LogP contribution in [-0.4, -0.2) is 22.9 Å². The Bertz CT molecular complexity index is 626. The van der Waals surface area contributed by atoms with Crippen molar-refractivity contribution in [2.24, 2.45) is 46.3 Å². The first-order valence-electron chi connectivity index (χ1n) is 11.7. The molecule has 1 N–H and O–H groups in total. The van der Waals surface area contributed by atoms with Crippen LogP contribution in [0.3, 0.4) is 0 Å². The number of fused-ring (bicyclic) bond motifs is 8. The van der Waals surface area contributed by atoms with Gasteiger partial charge in [-0.25, -0.2) is 0 Å². The summed E-state index contributed by atoms with van der Waals surface area (Å²) in [6.07, 6.45) is 12.4. The molecule has 10 atom stereocenters. The Balaban J connectivity index is 1.58. The zero-order valence-electron chi connectivity index (χ0n) is 17.9. The van der Waals surface area contributed by atoms with E-state index in [0.717, 1.165) is 30.6 Å². The lowest BCUT2D eigenvalue weighted by Gasteiger charge is -2.64. The van der Waals surface area contributed by atoms with Crippen molar-refractivity contribution < 1.29 is 9.84 Å². The van der Waals surface area contributed by atoms with Crippen LogP contribution in [0, 0.1) is 46.3 Å². The molecule has 4 unspecified atom stereocenters. The summed E-state index contributed by atoms with van der Waals surface area (Å²) in [4.78, 5) is 0. The van der Waals surface area contributed by atoms with Gasteiger partial charge in [-0.2, -0.15) is 0 Å². The van der Waals surface area contributed by atoms with E-state index < -0.39 is 0 Å². The topological polar surface area (TPSA) is 29.5 Å². The van der Waals surface area contributed by atoms with E-state index in [1.165, 1.54) is 38.5 Å². The van der Waals surface area contributed by atoms with Crippen molar-refractivity contribution in [3.05, 3.63) is 12.7 Å². The highest BCUT2D eigenvalue weighted by Gasteiger charge is 2.67. The number of hydrogen-bond acceptors (Lipinski definition) is 2. The van der Waals surface area contributed by atoms with Crippen LogP contribution in [0.2, 0.25) is 0 Å². The van der Waals surface area contributed by atoms with Gasteiger partial charge in [0.25, 0.3) is 0 Å². The molecule has 0 aromatic carbocycles. The molecule has 5 aliphatic rings. The molecule has 4 saturated carbocycles. The smallest absolute Gasteiger partial charge is 0.0648 e. The molecule has 0 amide bonds. The maximum Gasteiger partial charge on any atom is 0.0648 e. The molecule has 0 aromatic rings. The predicted molar refractivity (Wildman–Crippen MR) is 109 cm³/mol. The highest BCUT2D eigenvalue weighted by atomic mass is 16.5. The van der Waals surface area contributed by atoms with Gasteiger partial charge >= 0.3 is 0 Å². The number of ether oxygens (including phenoxy) is 1. The Hall–Kier alpha value is -0.340. The molecule has 0 aromatic heterocycles. The maximum absolute atomic E-state index is 10.5. The van der Waals surface area contributed by atoms with E-state index in [1.54, 1.807) is 0 Å². The van der Waals surface area contributed by atoms with E-state index in [9.17, 15) is 5.11 Å². The van der Waals surface area contributed by atoms with E-state index in [4.69, 9.17) is 4.74 Å². The summed E-state index contributed by atoms with van der Waals surface area (Å²) in [7, 11) is 0. The van der Waals surface area contributed by atoms with Crippen LogP contribution in [0.15, 0.2) is 12.7 Å². The fourth-order valence-electron chi connectivity index (χ4n) is 9.24. The Morgan fingerprint density at radius 1 is 0.926 bits per heavy atom. The first-order chi connectivity index (χ1) is 12.7. The summed E-state index contributed by atoms with van der Waals surface area (Å²) in [5, 5.41) is 10.5. The lowest BCUT2D eigenvalue weighted by Crippen LogP contribution is -2.61. The molecule has 152 valence electrons. The lowest BCUT2D eigenvalue weighted by atomic mass is 9.42. The minimum atomic E-state index is -0.0885. The van der Waals surface area contributed by atoms with E-state index in [-0.39, 0.29) is 11.7 Å². The standard InChI is InChI=1S/C25H40O2/c1-6-15-7-8-18-21-19(10-12-24(15,18)4)25(5)11-9-16(26)13-20(25)17-14-23(2,3)27-22(17)21/h6,15-22,26H,1,7-14H2,2-5H3/t15-,16+,17+,18?,19?,20?,21?,22-,24+,25+/m0/s1. The molecule has 5 rings (SSSR count). The van der Waals surface area contributed by atoms with Crippen LogP contribution in [0.4, 0.5) is 0 Å². The van der Waals surface area contributed by atoms with Crippen molar-refractivity contribution >= 4 is 0 Å². The third-order valence-electron chi connectivity index (χ3n) is 10.4. The van der Waals surface area contributed by atoms with Crippen LogP contribution >= 0.6 is 0 Å². The highest BCUT2D eigenvalue weighted by molar-refractivity contribution is 5.17. The van der Waals surface area contributed by atoms with Crippen molar-refractivity contribution in [2.45, 2.75) is 96.9 Å². The van der Waals surface area contributed by atoms with Crippen LogP contribution in [0.25, 0.3) is 0 Å². The Morgan fingerprint density at radius 3 is 2.37 bits per heavy atom. The van der Waals surface area contributed by atoms with Crippen molar-refractivity contribution in [3.63, 3.8) is 0 Å². The normalized spacial score (nSPS) is 58.7. The number of rotatable bonds is 1. The van der Waals surface area contributed by atoms with E-state index >= 15 is 0 Å². The Labute approximate surface area is 166 Å². The molecule has 5 fully saturated rings. The van der Waals surface area contributed by atoms with Gasteiger partial charge in [-0.1, -0.05) is 19.9 Å². The molecule has 2 nitrogen and oxygen atoms in total. The monoisotopic (exact) mass is 372 g/mol. The summed E-state index contributed by atoms with van der Waals surface area (Å²) >= 11 is 0. The maximum atomic E-state index is 10.5. The molecular weight excluding hydrogens is 332 g/mol. The largest absolute Gasteiger partial charge is 0.393 e. The number of hydrogen-bond donors (Lipinski definition) is 1. The van der Waals surface area contributed by atoms with Gasteiger partial charge < -0.3 is 9.84 Å². The van der Waals surface area contributed by atoms with Gasteiger partial charge in [0.05, 0.1) is 17.8 Å². The minimum absolute atomic E-state index is 0.00216. The van der Waals surface area contributed by atoms with E-state index in [0.29, 0.717) is 34.7 Å². The van der Waals surface area contributed by atoms with Crippen LogP contribution in [0.1, 0.15) is 79.1 Å². The molecule has 0 bridgehead atoms. The number of aliphatic hydroxyl groups is 1. The average molecular weight is 373 g/mol. The highest BCUT2D eigenvalue weighted by Crippen LogP contribution is 2.70. The summed E-state index contributed by atoms with van der Waals surface area (Å²) in [6, 6.07) is 0. The van der Waals surface area contributed by atoms with Crippen LogP contribution < -0.4 is 0 Å². The van der Waals surface area contributed by atoms with Crippen LogP contribution in [-0.2, 0) is 4.74 Å². The molecule has 4 aliphatic carbocycles. The first kappa shape index (κ1) is 18.7. The molecule has 27 heavy (non-hydrogen) atoms. The van der Waals surface area contributed by atoms with Crippen LogP contribution in [0.5, 0.6) is 0 Å². The van der Waals surface area contributed by atoms with Gasteiger partial charge in [-0.15, -0.1) is 6.58 Å². The average Bonchev–Trinajstić information content (AvgIpc) is 3.11. The van der Waals surface area contributed by atoms with Gasteiger partial charge in [0.15, 0.2) is 0 Å². The van der Waals surface area contributed by atoms with Crippen molar-refractivity contribution in [1.29, 1.82) is 0 Å². The minimum Gasteiger partial charge on any atom is -0.393 e. The van der Waals surface area contributed by atoms with E-state index in [1.807, 2.05) is 0 Å². The Morgan fingerprint density at radius 2 is 1.63 bits per heavy atom. The molecule has 1 aliphatic heterocycles. The molecular formula is C25H40O2. The van der Waals surface area contributed by atoms with Gasteiger partial charge in [0, 0.05) is 0 Å². The van der Waals surface area contributed by atoms with Gasteiger partial charge in [0.1, 0.15) is 0 Å². The summed E-state index contributed by atoms with van der Waals surface area (Å²) in [5.74, 6) is 4.28. The van der Waals surface area contributed by atoms with Gasteiger partial charge in [0.2, 0.25) is 0 Å². The quantitative estimate of drug-likeness (QED) is 0.607. The Kier molecular flexibility index (Phi) is 4.04. The zero-order chi connectivity index (χ0) is 19.2. The third kappa shape index (κ3) is 2.44. The predicted octanol–water partition coefficient (Wildman–Crippen LogP) is 5.60. The fourth-order valence-corrected chi connectivity index (χ4v) is 9.24. The molecule has 0 spiro atoms. The fraction of sp³-hybridized carbons (Fsp3) is 0.920. The van der Waals surface area contributed by atoms with Gasteiger partial charge in [-0.3, -0.25) is 0 Å². The van der Waals surface area contributed by atoms with Crippen molar-refractivity contribution in [3.8, 4) is 0 Å². The summed E-state index contributed by atoms with van der Waals surface area (Å²) in [6.45, 7) is 14.0. The number of allylic oxidation sites excluding steroid dienone is 1. The molecule has 0 radical (unpaired) electrons. The second-order valence-electron chi connectivity index (χ2n) is 12.0. The summed E-state index contributed by atoms with van der Waals surface area (Å²) in [5.41, 5.74) is 0.835. The van der Waals surface area contributed by atoms with E-state index in [2.05, 4.69) is 40.3 Å². The second-order valence-corrected chi connectivity index (χ2v) is 12.0. The summed E-state index contributed by atoms with van der Waals surface area (Å²) < 4.78 is 6.87.